The second-order valence-corrected chi connectivity index (χ2v) is 5.63. The van der Waals surface area contributed by atoms with Crippen molar-refractivity contribution < 1.29 is 9.53 Å². The van der Waals surface area contributed by atoms with Crippen LogP contribution in [0, 0.1) is 0 Å². The summed E-state index contributed by atoms with van der Waals surface area (Å²) in [5, 5.41) is 10.5. The summed E-state index contributed by atoms with van der Waals surface area (Å²) in [6, 6.07) is 7.51. The Morgan fingerprint density at radius 1 is 1.40 bits per heavy atom. The molecule has 1 unspecified atom stereocenters. The summed E-state index contributed by atoms with van der Waals surface area (Å²) in [4.78, 5) is 12.0. The van der Waals surface area contributed by atoms with Gasteiger partial charge in [-0.2, -0.15) is 0 Å². The quantitative estimate of drug-likeness (QED) is 0.921. The van der Waals surface area contributed by atoms with Crippen LogP contribution in [0.5, 0.6) is 5.75 Å². The van der Waals surface area contributed by atoms with E-state index < -0.39 is 0 Å². The third kappa shape index (κ3) is 3.46. The van der Waals surface area contributed by atoms with Gasteiger partial charge < -0.3 is 10.1 Å². The minimum absolute atomic E-state index is 0.0870. The van der Waals surface area contributed by atoms with Gasteiger partial charge in [0.2, 0.25) is 9.47 Å². The minimum atomic E-state index is -0.267. The number of amides is 1. The highest BCUT2D eigenvalue weighted by atomic mass is 35.5. The standard InChI is InChI=1S/C13H14ClN3O2S/c1-3-10(8-4-6-9(19-2)7-5-8)15-11(18)12-16-17-13(14)20-12/h4-7,10H,3H2,1-2H3,(H,15,18). The summed E-state index contributed by atoms with van der Waals surface area (Å²) >= 11 is 6.74. The van der Waals surface area contributed by atoms with Gasteiger partial charge in [0, 0.05) is 0 Å². The molecule has 0 aliphatic rings. The van der Waals surface area contributed by atoms with Crippen LogP contribution in [-0.4, -0.2) is 23.2 Å². The van der Waals surface area contributed by atoms with Crippen LogP contribution in [-0.2, 0) is 0 Å². The first-order chi connectivity index (χ1) is 9.63. The summed E-state index contributed by atoms with van der Waals surface area (Å²) in [5.74, 6) is 0.517. The van der Waals surface area contributed by atoms with E-state index in [2.05, 4.69) is 15.5 Å². The molecule has 1 aromatic carbocycles. The molecule has 1 atom stereocenters. The molecule has 2 rings (SSSR count). The maximum absolute atomic E-state index is 12.0. The van der Waals surface area contributed by atoms with Crippen LogP contribution in [0.25, 0.3) is 0 Å². The average Bonchev–Trinajstić information content (AvgIpc) is 2.91. The Labute approximate surface area is 125 Å². The molecule has 0 saturated carbocycles. The lowest BCUT2D eigenvalue weighted by Gasteiger charge is -2.16. The van der Waals surface area contributed by atoms with E-state index in [0.717, 1.165) is 29.1 Å². The molecule has 1 amide bonds. The SMILES string of the molecule is CCC(NC(=O)c1nnc(Cl)s1)c1ccc(OC)cc1. The summed E-state index contributed by atoms with van der Waals surface area (Å²) in [6.07, 6.45) is 0.768. The van der Waals surface area contributed by atoms with E-state index in [1.807, 2.05) is 31.2 Å². The van der Waals surface area contributed by atoms with Crippen molar-refractivity contribution in [2.75, 3.05) is 7.11 Å². The van der Waals surface area contributed by atoms with E-state index >= 15 is 0 Å². The summed E-state index contributed by atoms with van der Waals surface area (Å²) < 4.78 is 5.37. The number of rotatable bonds is 5. The zero-order valence-electron chi connectivity index (χ0n) is 11.1. The van der Waals surface area contributed by atoms with Gasteiger partial charge in [-0.05, 0) is 35.7 Å². The lowest BCUT2D eigenvalue weighted by atomic mass is 10.0. The van der Waals surface area contributed by atoms with Gasteiger partial charge in [-0.3, -0.25) is 4.79 Å². The van der Waals surface area contributed by atoms with E-state index in [4.69, 9.17) is 16.3 Å². The van der Waals surface area contributed by atoms with Gasteiger partial charge in [0.15, 0.2) is 0 Å². The second kappa shape index (κ2) is 6.67. The average molecular weight is 312 g/mol. The van der Waals surface area contributed by atoms with Gasteiger partial charge in [-0.25, -0.2) is 0 Å². The molecular weight excluding hydrogens is 298 g/mol. The predicted octanol–water partition coefficient (Wildman–Crippen LogP) is 3.08. The van der Waals surface area contributed by atoms with Gasteiger partial charge in [-0.15, -0.1) is 10.2 Å². The lowest BCUT2D eigenvalue weighted by molar-refractivity contribution is 0.0934. The van der Waals surface area contributed by atoms with Crippen molar-refractivity contribution in [3.8, 4) is 5.75 Å². The number of carbonyl (C=O) groups excluding carboxylic acids is 1. The second-order valence-electron chi connectivity index (χ2n) is 4.07. The third-order valence-electron chi connectivity index (χ3n) is 2.83. The Kier molecular flexibility index (Phi) is 4.92. The number of aromatic nitrogens is 2. The van der Waals surface area contributed by atoms with Crippen molar-refractivity contribution in [3.05, 3.63) is 39.3 Å². The topological polar surface area (TPSA) is 64.1 Å². The number of hydrogen-bond acceptors (Lipinski definition) is 5. The molecule has 0 bridgehead atoms. The molecule has 0 aliphatic heterocycles. The van der Waals surface area contributed by atoms with E-state index in [1.54, 1.807) is 7.11 Å². The molecule has 106 valence electrons. The minimum Gasteiger partial charge on any atom is -0.497 e. The van der Waals surface area contributed by atoms with Crippen molar-refractivity contribution in [2.24, 2.45) is 0 Å². The monoisotopic (exact) mass is 311 g/mol. The van der Waals surface area contributed by atoms with Crippen LogP contribution in [0.1, 0.15) is 34.8 Å². The predicted molar refractivity (Wildman–Crippen MR) is 78.4 cm³/mol. The number of carbonyl (C=O) groups is 1. The molecule has 1 heterocycles. The number of benzene rings is 1. The molecule has 1 aromatic heterocycles. The number of nitrogens with one attached hydrogen (secondary N) is 1. The van der Waals surface area contributed by atoms with Crippen molar-refractivity contribution in [1.29, 1.82) is 0 Å². The highest BCUT2D eigenvalue weighted by Gasteiger charge is 2.17. The maximum atomic E-state index is 12.0. The fourth-order valence-corrected chi connectivity index (χ4v) is 2.51. The first-order valence-corrected chi connectivity index (χ1v) is 7.27. The third-order valence-corrected chi connectivity index (χ3v) is 3.84. The normalized spacial score (nSPS) is 11.9. The van der Waals surface area contributed by atoms with Crippen molar-refractivity contribution >= 4 is 28.8 Å². The van der Waals surface area contributed by atoms with E-state index in [-0.39, 0.29) is 21.4 Å². The Balaban J connectivity index is 2.09. The highest BCUT2D eigenvalue weighted by Crippen LogP contribution is 2.21. The molecule has 20 heavy (non-hydrogen) atoms. The van der Waals surface area contributed by atoms with Gasteiger partial charge in [0.1, 0.15) is 5.75 Å². The summed E-state index contributed by atoms with van der Waals surface area (Å²) in [6.45, 7) is 2.00. The van der Waals surface area contributed by atoms with E-state index in [1.165, 1.54) is 0 Å². The molecule has 0 saturated heterocycles. The molecule has 7 heteroatoms. The first-order valence-electron chi connectivity index (χ1n) is 6.08. The van der Waals surface area contributed by atoms with Gasteiger partial charge in [-0.1, -0.05) is 30.4 Å². The van der Waals surface area contributed by atoms with Crippen LogP contribution in [0.3, 0.4) is 0 Å². The van der Waals surface area contributed by atoms with Crippen molar-refractivity contribution in [3.63, 3.8) is 0 Å². The van der Waals surface area contributed by atoms with Crippen LogP contribution < -0.4 is 10.1 Å². The number of ether oxygens (including phenoxy) is 1. The molecule has 0 radical (unpaired) electrons. The first kappa shape index (κ1) is 14.7. The zero-order valence-corrected chi connectivity index (χ0v) is 12.7. The molecule has 1 N–H and O–H groups in total. The molecule has 0 spiro atoms. The molecular formula is C13H14ClN3O2S. The van der Waals surface area contributed by atoms with Crippen LogP contribution in [0.15, 0.2) is 24.3 Å². The van der Waals surface area contributed by atoms with Crippen LogP contribution in [0.2, 0.25) is 4.47 Å². The molecule has 5 nitrogen and oxygen atoms in total. The number of hydrogen-bond donors (Lipinski definition) is 1. The number of halogens is 1. The highest BCUT2D eigenvalue weighted by molar-refractivity contribution is 7.17. The van der Waals surface area contributed by atoms with Crippen LogP contribution >= 0.6 is 22.9 Å². The molecule has 0 fully saturated rings. The lowest BCUT2D eigenvalue weighted by Crippen LogP contribution is -2.28. The number of methoxy groups -OCH3 is 1. The van der Waals surface area contributed by atoms with Crippen LogP contribution in [0.4, 0.5) is 0 Å². The largest absolute Gasteiger partial charge is 0.497 e. The Bertz CT molecular complexity index is 586. The maximum Gasteiger partial charge on any atom is 0.282 e. The molecule has 0 aliphatic carbocycles. The van der Waals surface area contributed by atoms with Gasteiger partial charge in [0.25, 0.3) is 5.91 Å². The zero-order chi connectivity index (χ0) is 14.5. The Hall–Kier alpha value is -1.66. The summed E-state index contributed by atoms with van der Waals surface area (Å²) in [5.41, 5.74) is 1.01. The fourth-order valence-electron chi connectivity index (χ4n) is 1.77. The smallest absolute Gasteiger partial charge is 0.282 e. The van der Waals surface area contributed by atoms with Gasteiger partial charge in [0.05, 0.1) is 13.2 Å². The summed E-state index contributed by atoms with van der Waals surface area (Å²) in [7, 11) is 1.62. The fraction of sp³-hybridized carbons (Fsp3) is 0.308. The van der Waals surface area contributed by atoms with E-state index in [0.29, 0.717) is 0 Å². The number of nitrogens with zero attached hydrogens (tertiary/aromatic N) is 2. The Morgan fingerprint density at radius 2 is 2.10 bits per heavy atom. The van der Waals surface area contributed by atoms with Crippen molar-refractivity contribution in [1.82, 2.24) is 15.5 Å². The van der Waals surface area contributed by atoms with E-state index in [9.17, 15) is 4.79 Å². The van der Waals surface area contributed by atoms with Gasteiger partial charge >= 0.3 is 0 Å². The molecule has 2 aromatic rings. The Morgan fingerprint density at radius 3 is 2.60 bits per heavy atom. The van der Waals surface area contributed by atoms with Crippen molar-refractivity contribution in [2.45, 2.75) is 19.4 Å².